The molecule has 0 saturated heterocycles. The third-order valence-corrected chi connectivity index (χ3v) is 3.47. The summed E-state index contributed by atoms with van der Waals surface area (Å²) in [5.41, 5.74) is 3.90. The number of furan rings is 1. The van der Waals surface area contributed by atoms with Crippen LogP contribution in [0.4, 0.5) is 0 Å². The maximum absolute atomic E-state index is 12.3. The fourth-order valence-corrected chi connectivity index (χ4v) is 2.20. The Labute approximate surface area is 166 Å². The van der Waals surface area contributed by atoms with Gasteiger partial charge in [-0.15, -0.1) is 0 Å². The Bertz CT molecular complexity index is 884. The molecular formula is C23H27NO4. The molecule has 0 fully saturated rings. The molecule has 28 heavy (non-hydrogen) atoms. The van der Waals surface area contributed by atoms with E-state index < -0.39 is 5.97 Å². The van der Waals surface area contributed by atoms with E-state index in [-0.39, 0.29) is 5.91 Å². The van der Waals surface area contributed by atoms with Crippen molar-refractivity contribution >= 4 is 11.9 Å². The molecule has 1 heterocycles. The van der Waals surface area contributed by atoms with Gasteiger partial charge in [-0.1, -0.05) is 55.0 Å². The van der Waals surface area contributed by atoms with E-state index in [1.165, 1.54) is 0 Å². The minimum atomic E-state index is -0.833. The molecule has 0 radical (unpaired) electrons. The molecule has 0 saturated carbocycles. The maximum Gasteiger partial charge on any atom is 0.300 e. The zero-order chi connectivity index (χ0) is 21.1. The van der Waals surface area contributed by atoms with Crippen LogP contribution in [0.1, 0.15) is 43.3 Å². The molecule has 0 bridgehead atoms. The Morgan fingerprint density at radius 1 is 1.21 bits per heavy atom. The topological polar surface area (TPSA) is 79.5 Å². The molecule has 2 aromatic rings. The Balaban J connectivity index is 0.000000892. The predicted octanol–water partition coefficient (Wildman–Crippen LogP) is 5.50. The van der Waals surface area contributed by atoms with Crippen LogP contribution in [0.15, 0.2) is 76.9 Å². The Kier molecular flexibility index (Phi) is 9.23. The number of hydrogen-bond donors (Lipinski definition) is 2. The van der Waals surface area contributed by atoms with Gasteiger partial charge in [-0.05, 0) is 44.5 Å². The number of aryl methyl sites for hydroxylation is 1. The molecular weight excluding hydrogens is 354 g/mol. The lowest BCUT2D eigenvalue weighted by atomic mass is 10.1. The van der Waals surface area contributed by atoms with Crippen molar-refractivity contribution in [3.8, 4) is 11.3 Å². The number of benzene rings is 1. The van der Waals surface area contributed by atoms with Crippen molar-refractivity contribution in [1.82, 2.24) is 5.32 Å². The first kappa shape index (κ1) is 22.7. The van der Waals surface area contributed by atoms with E-state index in [0.717, 1.165) is 35.7 Å². The highest BCUT2D eigenvalue weighted by Crippen LogP contribution is 2.23. The number of aliphatic carboxylic acids is 1. The molecule has 0 aliphatic rings. The number of allylic oxidation sites excluding steroid dienone is 5. The largest absolute Gasteiger partial charge is 0.481 e. The van der Waals surface area contributed by atoms with Gasteiger partial charge < -0.3 is 14.8 Å². The predicted molar refractivity (Wildman–Crippen MR) is 112 cm³/mol. The minimum Gasteiger partial charge on any atom is -0.481 e. The zero-order valence-electron chi connectivity index (χ0n) is 16.8. The van der Waals surface area contributed by atoms with E-state index in [2.05, 4.69) is 11.9 Å². The molecule has 0 aliphatic carbocycles. The number of rotatable bonds is 6. The second-order valence-electron chi connectivity index (χ2n) is 6.26. The number of hydrogen-bond acceptors (Lipinski definition) is 3. The molecule has 0 aliphatic heterocycles. The molecule has 1 aromatic carbocycles. The highest BCUT2D eigenvalue weighted by atomic mass is 16.4. The van der Waals surface area contributed by atoms with Gasteiger partial charge in [0.05, 0.1) is 0 Å². The van der Waals surface area contributed by atoms with Gasteiger partial charge in [-0.3, -0.25) is 9.59 Å². The van der Waals surface area contributed by atoms with Crippen LogP contribution in [0, 0.1) is 6.92 Å². The molecule has 1 amide bonds. The van der Waals surface area contributed by atoms with Gasteiger partial charge in [0, 0.05) is 18.2 Å². The average molecular weight is 381 g/mol. The SMILES string of the molecule is C=C(C)/C=C\C=C(/CC)NC(=O)c1ccc(-c2cccc(C)c2)o1.CC(=O)O. The summed E-state index contributed by atoms with van der Waals surface area (Å²) in [5.74, 6) is -0.0893. The molecule has 5 nitrogen and oxygen atoms in total. The van der Waals surface area contributed by atoms with Crippen LogP contribution in [0.3, 0.4) is 0 Å². The molecule has 148 valence electrons. The molecule has 0 atom stereocenters. The van der Waals surface area contributed by atoms with Crippen molar-refractivity contribution in [2.24, 2.45) is 0 Å². The third kappa shape index (κ3) is 8.36. The Hall–Kier alpha value is -3.34. The Morgan fingerprint density at radius 3 is 2.46 bits per heavy atom. The summed E-state index contributed by atoms with van der Waals surface area (Å²) in [4.78, 5) is 21.3. The zero-order valence-corrected chi connectivity index (χ0v) is 16.8. The van der Waals surface area contributed by atoms with Gasteiger partial charge in [0.25, 0.3) is 11.9 Å². The fourth-order valence-electron chi connectivity index (χ4n) is 2.20. The van der Waals surface area contributed by atoms with Gasteiger partial charge in [0.1, 0.15) is 5.76 Å². The van der Waals surface area contributed by atoms with Crippen LogP contribution in [-0.2, 0) is 4.79 Å². The number of carboxylic acids is 1. The lowest BCUT2D eigenvalue weighted by Crippen LogP contribution is -2.21. The monoisotopic (exact) mass is 381 g/mol. The summed E-state index contributed by atoms with van der Waals surface area (Å²) in [6.07, 6.45) is 6.36. The lowest BCUT2D eigenvalue weighted by Gasteiger charge is -2.05. The fraction of sp³-hybridized carbons (Fsp3) is 0.217. The maximum atomic E-state index is 12.3. The van der Waals surface area contributed by atoms with E-state index in [9.17, 15) is 4.79 Å². The van der Waals surface area contributed by atoms with Gasteiger partial charge in [-0.2, -0.15) is 0 Å². The number of nitrogens with one attached hydrogen (secondary N) is 1. The van der Waals surface area contributed by atoms with Gasteiger partial charge in [0.15, 0.2) is 5.76 Å². The van der Waals surface area contributed by atoms with Crippen molar-refractivity contribution in [3.05, 3.63) is 83.8 Å². The van der Waals surface area contributed by atoms with Crippen LogP contribution in [-0.4, -0.2) is 17.0 Å². The summed E-state index contributed by atoms with van der Waals surface area (Å²) in [7, 11) is 0. The van der Waals surface area contributed by atoms with E-state index in [0.29, 0.717) is 11.5 Å². The number of carbonyl (C=O) groups is 2. The van der Waals surface area contributed by atoms with Gasteiger partial charge in [-0.25, -0.2) is 0 Å². The van der Waals surface area contributed by atoms with Crippen LogP contribution in [0.2, 0.25) is 0 Å². The standard InChI is InChI=1S/C21H23NO2.C2H4O2/c1-5-18(11-6-8-15(2)3)22-21(23)20-13-12-19(24-20)17-10-7-9-16(4)14-17;1-2(3)4/h6-14H,2,5H2,1,3-4H3,(H,22,23);1H3,(H,3,4)/b8-6-,18-11+;. The van der Waals surface area contributed by atoms with Crippen molar-refractivity contribution in [2.45, 2.75) is 34.1 Å². The van der Waals surface area contributed by atoms with E-state index in [1.54, 1.807) is 6.07 Å². The normalized spacial score (nSPS) is 10.9. The van der Waals surface area contributed by atoms with Crippen LogP contribution < -0.4 is 5.32 Å². The lowest BCUT2D eigenvalue weighted by molar-refractivity contribution is -0.134. The van der Waals surface area contributed by atoms with Crippen molar-refractivity contribution < 1.29 is 19.1 Å². The van der Waals surface area contributed by atoms with Crippen LogP contribution in [0.25, 0.3) is 11.3 Å². The van der Waals surface area contributed by atoms with Crippen molar-refractivity contribution in [3.63, 3.8) is 0 Å². The summed E-state index contributed by atoms with van der Waals surface area (Å²) >= 11 is 0. The molecule has 0 spiro atoms. The summed E-state index contributed by atoms with van der Waals surface area (Å²) in [6, 6.07) is 11.5. The highest BCUT2D eigenvalue weighted by molar-refractivity contribution is 5.93. The smallest absolute Gasteiger partial charge is 0.300 e. The number of carboxylic acid groups (broad SMARTS) is 1. The second kappa shape index (κ2) is 11.4. The molecule has 0 unspecified atom stereocenters. The molecule has 1 aromatic heterocycles. The summed E-state index contributed by atoms with van der Waals surface area (Å²) in [6.45, 7) is 10.8. The van der Waals surface area contributed by atoms with Crippen molar-refractivity contribution in [1.29, 1.82) is 0 Å². The van der Waals surface area contributed by atoms with Gasteiger partial charge in [0.2, 0.25) is 0 Å². The van der Waals surface area contributed by atoms with E-state index in [4.69, 9.17) is 14.3 Å². The minimum absolute atomic E-state index is 0.245. The van der Waals surface area contributed by atoms with Crippen LogP contribution in [0.5, 0.6) is 0 Å². The van der Waals surface area contributed by atoms with E-state index >= 15 is 0 Å². The Morgan fingerprint density at radius 2 is 1.89 bits per heavy atom. The number of carbonyl (C=O) groups excluding carboxylic acids is 1. The highest BCUT2D eigenvalue weighted by Gasteiger charge is 2.13. The van der Waals surface area contributed by atoms with E-state index in [1.807, 2.05) is 69.3 Å². The van der Waals surface area contributed by atoms with Crippen LogP contribution >= 0.6 is 0 Å². The van der Waals surface area contributed by atoms with Crippen molar-refractivity contribution in [2.75, 3.05) is 0 Å². The summed E-state index contributed by atoms with van der Waals surface area (Å²) in [5, 5.41) is 10.3. The first-order valence-corrected chi connectivity index (χ1v) is 8.93. The third-order valence-electron chi connectivity index (χ3n) is 3.47. The summed E-state index contributed by atoms with van der Waals surface area (Å²) < 4.78 is 5.70. The molecule has 2 N–H and O–H groups in total. The first-order chi connectivity index (χ1) is 13.2. The van der Waals surface area contributed by atoms with Gasteiger partial charge >= 0.3 is 0 Å². The molecule has 5 heteroatoms. The quantitative estimate of drug-likeness (QED) is 0.647. The average Bonchev–Trinajstić information content (AvgIpc) is 3.10. The first-order valence-electron chi connectivity index (χ1n) is 8.93. The second-order valence-corrected chi connectivity index (χ2v) is 6.26. The molecule has 2 rings (SSSR count). The number of amides is 1.